The van der Waals surface area contributed by atoms with Crippen LogP contribution in [0, 0.1) is 0 Å². The molecule has 0 saturated carbocycles. The predicted octanol–water partition coefficient (Wildman–Crippen LogP) is 2.83. The third-order valence-electron chi connectivity index (χ3n) is 2.36. The fraction of sp³-hybridized carbons (Fsp3) is 0.0769. The summed E-state index contributed by atoms with van der Waals surface area (Å²) in [7, 11) is 0. The minimum Gasteiger partial charge on any atom is -0.334 e. The Balaban J connectivity index is 2.11. The van der Waals surface area contributed by atoms with Crippen LogP contribution in [0.15, 0.2) is 49.3 Å². The molecule has 0 saturated heterocycles. The van der Waals surface area contributed by atoms with Gasteiger partial charge in [0, 0.05) is 24.6 Å². The second-order valence-corrected chi connectivity index (χ2v) is 4.15. The van der Waals surface area contributed by atoms with Crippen LogP contribution in [0.4, 0.5) is 10.5 Å². The van der Waals surface area contributed by atoms with Gasteiger partial charge in [-0.3, -0.25) is 0 Å². The van der Waals surface area contributed by atoms with Crippen molar-refractivity contribution in [2.24, 2.45) is 0 Å². The van der Waals surface area contributed by atoms with Crippen LogP contribution >= 0.6 is 11.6 Å². The van der Waals surface area contributed by atoms with E-state index in [2.05, 4.69) is 22.3 Å². The first-order valence-corrected chi connectivity index (χ1v) is 6.04. The Morgan fingerprint density at radius 1 is 1.53 bits per heavy atom. The summed E-state index contributed by atoms with van der Waals surface area (Å²) < 4.78 is 1.66. The number of nitrogens with zero attached hydrogens (tertiary/aromatic N) is 2. The van der Waals surface area contributed by atoms with E-state index in [9.17, 15) is 4.79 Å². The monoisotopic (exact) mass is 276 g/mol. The van der Waals surface area contributed by atoms with Gasteiger partial charge in [-0.2, -0.15) is 5.10 Å². The Labute approximate surface area is 115 Å². The van der Waals surface area contributed by atoms with E-state index in [1.54, 1.807) is 41.4 Å². The highest BCUT2D eigenvalue weighted by atomic mass is 35.5. The molecule has 0 aliphatic rings. The Morgan fingerprint density at radius 2 is 2.37 bits per heavy atom. The molecule has 0 bridgehead atoms. The second kappa shape index (κ2) is 6.06. The molecule has 98 valence electrons. The summed E-state index contributed by atoms with van der Waals surface area (Å²) in [6, 6.07) is 6.73. The van der Waals surface area contributed by atoms with Crippen molar-refractivity contribution in [3.8, 4) is 5.69 Å². The van der Waals surface area contributed by atoms with Crippen LogP contribution in [0.25, 0.3) is 5.69 Å². The summed E-state index contributed by atoms with van der Waals surface area (Å²) in [6.07, 6.45) is 5.07. The number of benzene rings is 1. The number of carbonyl (C=O) groups is 1. The highest BCUT2D eigenvalue weighted by molar-refractivity contribution is 6.32. The van der Waals surface area contributed by atoms with Gasteiger partial charge in [0.1, 0.15) is 0 Å². The molecule has 0 radical (unpaired) electrons. The third-order valence-corrected chi connectivity index (χ3v) is 2.67. The summed E-state index contributed by atoms with van der Waals surface area (Å²) in [5.41, 5.74) is 1.37. The first-order valence-electron chi connectivity index (χ1n) is 5.66. The van der Waals surface area contributed by atoms with Gasteiger partial charge < -0.3 is 10.6 Å². The van der Waals surface area contributed by atoms with Crippen LogP contribution in [0.3, 0.4) is 0 Å². The normalized spacial score (nSPS) is 9.95. The smallest absolute Gasteiger partial charge is 0.319 e. The molecule has 0 aliphatic heterocycles. The molecule has 0 fully saturated rings. The number of urea groups is 1. The molecule has 0 atom stereocenters. The maximum absolute atomic E-state index is 11.5. The Hall–Kier alpha value is -2.27. The Kier molecular flexibility index (Phi) is 4.20. The zero-order chi connectivity index (χ0) is 13.7. The van der Waals surface area contributed by atoms with E-state index < -0.39 is 0 Å². The molecule has 19 heavy (non-hydrogen) atoms. The molecule has 2 rings (SSSR count). The summed E-state index contributed by atoms with van der Waals surface area (Å²) >= 11 is 6.16. The summed E-state index contributed by atoms with van der Waals surface area (Å²) in [5.74, 6) is 0. The minimum absolute atomic E-state index is 0.303. The van der Waals surface area contributed by atoms with Gasteiger partial charge in [-0.25, -0.2) is 9.48 Å². The molecule has 1 aromatic carbocycles. The molecule has 2 N–H and O–H groups in total. The largest absolute Gasteiger partial charge is 0.334 e. The van der Waals surface area contributed by atoms with Crippen LogP contribution in [-0.2, 0) is 0 Å². The molecule has 0 spiro atoms. The Bertz CT molecular complexity index is 580. The number of rotatable bonds is 4. The average Bonchev–Trinajstić information content (AvgIpc) is 2.90. The number of nitrogens with one attached hydrogen (secondary N) is 2. The van der Waals surface area contributed by atoms with Gasteiger partial charge in [0.2, 0.25) is 0 Å². The van der Waals surface area contributed by atoms with E-state index in [0.717, 1.165) is 5.69 Å². The van der Waals surface area contributed by atoms with Gasteiger partial charge in [-0.05, 0) is 24.3 Å². The van der Waals surface area contributed by atoms with Crippen LogP contribution < -0.4 is 10.6 Å². The van der Waals surface area contributed by atoms with Crippen molar-refractivity contribution >= 4 is 23.3 Å². The summed E-state index contributed by atoms with van der Waals surface area (Å²) in [4.78, 5) is 11.5. The first kappa shape index (κ1) is 13.2. The van der Waals surface area contributed by atoms with Crippen LogP contribution in [0.5, 0.6) is 0 Å². The number of hydrogen-bond acceptors (Lipinski definition) is 2. The van der Waals surface area contributed by atoms with Crippen LogP contribution in [0.2, 0.25) is 5.02 Å². The molecule has 2 amide bonds. The Morgan fingerprint density at radius 3 is 3.00 bits per heavy atom. The molecular weight excluding hydrogens is 264 g/mol. The van der Waals surface area contributed by atoms with Crippen LogP contribution in [-0.4, -0.2) is 22.4 Å². The van der Waals surface area contributed by atoms with Crippen molar-refractivity contribution in [3.63, 3.8) is 0 Å². The van der Waals surface area contributed by atoms with Gasteiger partial charge in [0.25, 0.3) is 0 Å². The van der Waals surface area contributed by atoms with Crippen molar-refractivity contribution in [1.82, 2.24) is 15.1 Å². The van der Waals surface area contributed by atoms with Gasteiger partial charge in [0.05, 0.1) is 10.7 Å². The summed E-state index contributed by atoms with van der Waals surface area (Å²) in [5, 5.41) is 9.90. The van der Waals surface area contributed by atoms with Crippen molar-refractivity contribution in [2.45, 2.75) is 0 Å². The molecule has 0 unspecified atom stereocenters. The molecule has 5 nitrogen and oxygen atoms in total. The lowest BCUT2D eigenvalue weighted by Gasteiger charge is -2.09. The van der Waals surface area contributed by atoms with E-state index in [1.807, 2.05) is 6.07 Å². The SMILES string of the molecule is C=CCNC(=O)Nc1ccc(-n2cccn2)c(Cl)c1. The zero-order valence-electron chi connectivity index (χ0n) is 10.1. The van der Waals surface area contributed by atoms with Gasteiger partial charge >= 0.3 is 6.03 Å². The lowest BCUT2D eigenvalue weighted by atomic mass is 10.3. The minimum atomic E-state index is -0.303. The lowest BCUT2D eigenvalue weighted by Crippen LogP contribution is -2.28. The highest BCUT2D eigenvalue weighted by Crippen LogP contribution is 2.23. The number of amides is 2. The molecule has 1 heterocycles. The number of hydrogen-bond donors (Lipinski definition) is 2. The van der Waals surface area contributed by atoms with Gasteiger partial charge in [-0.1, -0.05) is 17.7 Å². The van der Waals surface area contributed by atoms with Gasteiger partial charge in [0.15, 0.2) is 0 Å². The average molecular weight is 277 g/mol. The third kappa shape index (κ3) is 3.35. The number of anilines is 1. The van der Waals surface area contributed by atoms with Gasteiger partial charge in [-0.15, -0.1) is 6.58 Å². The maximum atomic E-state index is 11.5. The molecule has 1 aromatic heterocycles. The van der Waals surface area contributed by atoms with E-state index in [-0.39, 0.29) is 6.03 Å². The van der Waals surface area contributed by atoms with Crippen molar-refractivity contribution in [2.75, 3.05) is 11.9 Å². The second-order valence-electron chi connectivity index (χ2n) is 3.74. The highest BCUT2D eigenvalue weighted by Gasteiger charge is 2.06. The quantitative estimate of drug-likeness (QED) is 0.844. The van der Waals surface area contributed by atoms with Crippen molar-refractivity contribution in [1.29, 1.82) is 0 Å². The predicted molar refractivity (Wildman–Crippen MR) is 75.8 cm³/mol. The number of aromatic nitrogens is 2. The summed E-state index contributed by atoms with van der Waals surface area (Å²) in [6.45, 7) is 3.93. The van der Waals surface area contributed by atoms with E-state index in [4.69, 9.17) is 11.6 Å². The molecule has 0 aliphatic carbocycles. The van der Waals surface area contributed by atoms with Crippen molar-refractivity contribution in [3.05, 3.63) is 54.3 Å². The molecular formula is C13H13ClN4O. The van der Waals surface area contributed by atoms with Crippen molar-refractivity contribution < 1.29 is 4.79 Å². The molecule has 2 aromatic rings. The zero-order valence-corrected chi connectivity index (χ0v) is 10.9. The fourth-order valence-corrected chi connectivity index (χ4v) is 1.79. The molecule has 6 heteroatoms. The first-order chi connectivity index (χ1) is 9.20. The fourth-order valence-electron chi connectivity index (χ4n) is 1.52. The van der Waals surface area contributed by atoms with E-state index in [0.29, 0.717) is 17.3 Å². The number of halogens is 1. The lowest BCUT2D eigenvalue weighted by molar-refractivity contribution is 0.253. The topological polar surface area (TPSA) is 59.0 Å². The van der Waals surface area contributed by atoms with E-state index >= 15 is 0 Å². The number of carbonyl (C=O) groups excluding carboxylic acids is 1. The standard InChI is InChI=1S/C13H13ClN4O/c1-2-6-15-13(19)17-10-4-5-12(11(14)9-10)18-8-3-7-16-18/h2-5,7-9H,1,6H2,(H2,15,17,19). The van der Waals surface area contributed by atoms with E-state index in [1.165, 1.54) is 0 Å². The van der Waals surface area contributed by atoms with Crippen LogP contribution in [0.1, 0.15) is 0 Å². The maximum Gasteiger partial charge on any atom is 0.319 e.